The Morgan fingerprint density at radius 2 is 2.15 bits per heavy atom. The minimum absolute atomic E-state index is 0.0257. The molecular formula is C15H23N3O2. The SMILES string of the molecule is NCc1cccc(C(=O)NCCCN2CCOCC2)c1. The molecule has 1 saturated heterocycles. The number of ether oxygens (including phenoxy) is 1. The quantitative estimate of drug-likeness (QED) is 0.747. The number of nitrogens with zero attached hydrogens (tertiary/aromatic N) is 1. The Morgan fingerprint density at radius 1 is 1.35 bits per heavy atom. The summed E-state index contributed by atoms with van der Waals surface area (Å²) in [5.41, 5.74) is 7.23. The standard InChI is InChI=1S/C15H23N3O2/c16-12-13-3-1-4-14(11-13)15(19)17-5-2-6-18-7-9-20-10-8-18/h1,3-4,11H,2,5-10,12,16H2,(H,17,19). The van der Waals surface area contributed by atoms with Gasteiger partial charge in [-0.2, -0.15) is 0 Å². The second-order valence-corrected chi connectivity index (χ2v) is 4.97. The molecule has 5 nitrogen and oxygen atoms in total. The van der Waals surface area contributed by atoms with Crippen LogP contribution in [-0.2, 0) is 11.3 Å². The highest BCUT2D eigenvalue weighted by Gasteiger charge is 2.10. The number of amides is 1. The molecule has 20 heavy (non-hydrogen) atoms. The summed E-state index contributed by atoms with van der Waals surface area (Å²) in [4.78, 5) is 14.3. The Hall–Kier alpha value is -1.43. The van der Waals surface area contributed by atoms with Crippen LogP contribution in [0.3, 0.4) is 0 Å². The Kier molecular flexibility index (Phi) is 5.98. The molecule has 1 amide bonds. The van der Waals surface area contributed by atoms with E-state index < -0.39 is 0 Å². The monoisotopic (exact) mass is 277 g/mol. The van der Waals surface area contributed by atoms with Gasteiger partial charge in [-0.25, -0.2) is 0 Å². The number of nitrogens with one attached hydrogen (secondary N) is 1. The maximum atomic E-state index is 12.0. The van der Waals surface area contributed by atoms with Gasteiger partial charge in [0.15, 0.2) is 0 Å². The predicted molar refractivity (Wildman–Crippen MR) is 78.5 cm³/mol. The van der Waals surface area contributed by atoms with Crippen molar-refractivity contribution in [3.8, 4) is 0 Å². The van der Waals surface area contributed by atoms with Crippen molar-refractivity contribution < 1.29 is 9.53 Å². The van der Waals surface area contributed by atoms with Crippen molar-refractivity contribution >= 4 is 5.91 Å². The number of carbonyl (C=O) groups excluding carboxylic acids is 1. The molecule has 0 spiro atoms. The smallest absolute Gasteiger partial charge is 0.251 e. The summed E-state index contributed by atoms with van der Waals surface area (Å²) in [6.45, 7) is 5.78. The van der Waals surface area contributed by atoms with Crippen LogP contribution in [0.2, 0.25) is 0 Å². The molecule has 3 N–H and O–H groups in total. The summed E-state index contributed by atoms with van der Waals surface area (Å²) in [6, 6.07) is 7.45. The number of carbonyl (C=O) groups is 1. The third kappa shape index (κ3) is 4.59. The second-order valence-electron chi connectivity index (χ2n) is 4.97. The lowest BCUT2D eigenvalue weighted by Crippen LogP contribution is -2.38. The Morgan fingerprint density at radius 3 is 2.90 bits per heavy atom. The van der Waals surface area contributed by atoms with Crippen LogP contribution < -0.4 is 11.1 Å². The molecule has 1 aromatic carbocycles. The lowest BCUT2D eigenvalue weighted by atomic mass is 10.1. The van der Waals surface area contributed by atoms with E-state index in [0.717, 1.165) is 44.8 Å². The molecule has 2 rings (SSSR count). The van der Waals surface area contributed by atoms with Crippen molar-refractivity contribution in [2.75, 3.05) is 39.4 Å². The highest BCUT2D eigenvalue weighted by molar-refractivity contribution is 5.94. The average Bonchev–Trinajstić information content (AvgIpc) is 2.52. The molecule has 1 heterocycles. The van der Waals surface area contributed by atoms with Crippen LogP contribution in [0.5, 0.6) is 0 Å². The molecule has 0 atom stereocenters. The minimum atomic E-state index is -0.0257. The molecule has 110 valence electrons. The molecule has 0 unspecified atom stereocenters. The first kappa shape index (κ1) is 15.0. The fourth-order valence-electron chi connectivity index (χ4n) is 2.27. The number of hydrogen-bond donors (Lipinski definition) is 2. The molecule has 1 fully saturated rings. The topological polar surface area (TPSA) is 67.6 Å². The van der Waals surface area contributed by atoms with Crippen LogP contribution in [0, 0.1) is 0 Å². The number of rotatable bonds is 6. The van der Waals surface area contributed by atoms with Crippen LogP contribution in [0.1, 0.15) is 22.3 Å². The van der Waals surface area contributed by atoms with Gasteiger partial charge in [-0.1, -0.05) is 12.1 Å². The number of morpholine rings is 1. The fourth-order valence-corrected chi connectivity index (χ4v) is 2.27. The van der Waals surface area contributed by atoms with E-state index in [1.54, 1.807) is 0 Å². The van der Waals surface area contributed by atoms with Crippen molar-refractivity contribution in [1.29, 1.82) is 0 Å². The molecule has 0 aliphatic carbocycles. The van der Waals surface area contributed by atoms with Gasteiger partial charge in [-0.3, -0.25) is 9.69 Å². The first-order chi connectivity index (χ1) is 9.79. The van der Waals surface area contributed by atoms with Crippen molar-refractivity contribution in [2.45, 2.75) is 13.0 Å². The van der Waals surface area contributed by atoms with Crippen molar-refractivity contribution in [2.24, 2.45) is 5.73 Å². The van der Waals surface area contributed by atoms with Gasteiger partial charge in [-0.05, 0) is 30.7 Å². The Bertz CT molecular complexity index is 431. The normalized spacial score (nSPS) is 16.1. The molecule has 1 aliphatic heterocycles. The van der Waals surface area contributed by atoms with E-state index in [9.17, 15) is 4.79 Å². The maximum absolute atomic E-state index is 12.0. The molecule has 1 aliphatic rings. The maximum Gasteiger partial charge on any atom is 0.251 e. The van der Waals surface area contributed by atoms with Gasteiger partial charge in [0.1, 0.15) is 0 Å². The van der Waals surface area contributed by atoms with E-state index in [-0.39, 0.29) is 5.91 Å². The third-order valence-electron chi connectivity index (χ3n) is 3.47. The summed E-state index contributed by atoms with van der Waals surface area (Å²) in [5.74, 6) is -0.0257. The minimum Gasteiger partial charge on any atom is -0.379 e. The zero-order valence-electron chi connectivity index (χ0n) is 11.8. The van der Waals surface area contributed by atoms with Crippen LogP contribution in [0.25, 0.3) is 0 Å². The lowest BCUT2D eigenvalue weighted by molar-refractivity contribution is 0.0374. The molecule has 1 aromatic rings. The van der Waals surface area contributed by atoms with Gasteiger partial charge in [0.2, 0.25) is 0 Å². The highest BCUT2D eigenvalue weighted by atomic mass is 16.5. The Labute approximate surface area is 120 Å². The summed E-state index contributed by atoms with van der Waals surface area (Å²) in [7, 11) is 0. The number of nitrogens with two attached hydrogens (primary N) is 1. The lowest BCUT2D eigenvalue weighted by Gasteiger charge is -2.26. The van der Waals surface area contributed by atoms with E-state index in [4.69, 9.17) is 10.5 Å². The van der Waals surface area contributed by atoms with Crippen LogP contribution in [0.15, 0.2) is 24.3 Å². The largest absolute Gasteiger partial charge is 0.379 e. The predicted octanol–water partition coefficient (Wildman–Crippen LogP) is 0.597. The molecule has 5 heteroatoms. The van der Waals surface area contributed by atoms with Crippen molar-refractivity contribution in [3.63, 3.8) is 0 Å². The van der Waals surface area contributed by atoms with E-state index in [2.05, 4.69) is 10.2 Å². The van der Waals surface area contributed by atoms with Gasteiger partial charge in [0, 0.05) is 31.7 Å². The van der Waals surface area contributed by atoms with Crippen LogP contribution in [0.4, 0.5) is 0 Å². The average molecular weight is 277 g/mol. The van der Waals surface area contributed by atoms with Crippen molar-refractivity contribution in [3.05, 3.63) is 35.4 Å². The first-order valence-electron chi connectivity index (χ1n) is 7.17. The van der Waals surface area contributed by atoms with Gasteiger partial charge in [-0.15, -0.1) is 0 Å². The fraction of sp³-hybridized carbons (Fsp3) is 0.533. The van der Waals surface area contributed by atoms with Gasteiger partial charge in [0.25, 0.3) is 5.91 Å². The molecule has 0 saturated carbocycles. The third-order valence-corrected chi connectivity index (χ3v) is 3.47. The number of benzene rings is 1. The Balaban J connectivity index is 1.69. The number of hydrogen-bond acceptors (Lipinski definition) is 4. The van der Waals surface area contributed by atoms with Crippen LogP contribution >= 0.6 is 0 Å². The van der Waals surface area contributed by atoms with Crippen molar-refractivity contribution in [1.82, 2.24) is 10.2 Å². The van der Waals surface area contributed by atoms with E-state index in [0.29, 0.717) is 18.7 Å². The highest BCUT2D eigenvalue weighted by Crippen LogP contribution is 2.04. The van der Waals surface area contributed by atoms with E-state index in [1.165, 1.54) is 0 Å². The molecular weight excluding hydrogens is 254 g/mol. The first-order valence-corrected chi connectivity index (χ1v) is 7.17. The van der Waals surface area contributed by atoms with Crippen LogP contribution in [-0.4, -0.2) is 50.2 Å². The molecule has 0 bridgehead atoms. The van der Waals surface area contributed by atoms with E-state index in [1.807, 2.05) is 24.3 Å². The summed E-state index contributed by atoms with van der Waals surface area (Å²) < 4.78 is 5.30. The molecule has 0 radical (unpaired) electrons. The van der Waals surface area contributed by atoms with E-state index >= 15 is 0 Å². The van der Waals surface area contributed by atoms with Gasteiger partial charge < -0.3 is 15.8 Å². The molecule has 0 aromatic heterocycles. The van der Waals surface area contributed by atoms with Gasteiger partial charge >= 0.3 is 0 Å². The zero-order valence-corrected chi connectivity index (χ0v) is 11.8. The summed E-state index contributed by atoms with van der Waals surface area (Å²) in [6.07, 6.45) is 0.961. The van der Waals surface area contributed by atoms with Gasteiger partial charge in [0.05, 0.1) is 13.2 Å². The zero-order chi connectivity index (χ0) is 14.2. The summed E-state index contributed by atoms with van der Waals surface area (Å²) >= 11 is 0. The second kappa shape index (κ2) is 7.99. The summed E-state index contributed by atoms with van der Waals surface area (Å²) in [5, 5.41) is 2.95.